The number of fused-ring (bicyclic) bond motifs is 2. The van der Waals surface area contributed by atoms with Crippen LogP contribution in [0.3, 0.4) is 0 Å². The number of piperazine rings is 1. The van der Waals surface area contributed by atoms with E-state index in [0.29, 0.717) is 0 Å². The first-order valence-electron chi connectivity index (χ1n) is 8.49. The van der Waals surface area contributed by atoms with E-state index in [0.717, 1.165) is 30.9 Å². The van der Waals surface area contributed by atoms with E-state index in [1.165, 1.54) is 35.2 Å². The predicted octanol–water partition coefficient (Wildman–Crippen LogP) is 2.98. The summed E-state index contributed by atoms with van der Waals surface area (Å²) in [6.45, 7) is 9.66. The molecule has 1 aromatic rings. The third-order valence-electron chi connectivity index (χ3n) is 5.43. The fourth-order valence-corrected chi connectivity index (χ4v) is 3.95. The zero-order valence-electron chi connectivity index (χ0n) is 14.0. The van der Waals surface area contributed by atoms with Gasteiger partial charge in [-0.25, -0.2) is 0 Å². The van der Waals surface area contributed by atoms with E-state index in [2.05, 4.69) is 72.2 Å². The van der Waals surface area contributed by atoms with Gasteiger partial charge in [-0.15, -0.1) is 0 Å². The SMILES string of the molecule is C=C1C(C)=CC(c2ccc(CN3CC4CC3CN4)cc2)=CN1C. The molecule has 3 aliphatic rings. The second kappa shape index (κ2) is 5.66. The summed E-state index contributed by atoms with van der Waals surface area (Å²) >= 11 is 0. The van der Waals surface area contributed by atoms with Crippen molar-refractivity contribution in [1.29, 1.82) is 0 Å². The van der Waals surface area contributed by atoms with Gasteiger partial charge in [0.05, 0.1) is 0 Å². The number of rotatable bonds is 3. The van der Waals surface area contributed by atoms with E-state index >= 15 is 0 Å². The monoisotopic (exact) mass is 307 g/mol. The first-order chi connectivity index (χ1) is 11.1. The van der Waals surface area contributed by atoms with Gasteiger partial charge in [0, 0.05) is 50.7 Å². The maximum absolute atomic E-state index is 4.10. The molecule has 2 atom stereocenters. The lowest BCUT2D eigenvalue weighted by molar-refractivity contribution is 0.218. The molecule has 3 heteroatoms. The van der Waals surface area contributed by atoms with E-state index in [9.17, 15) is 0 Å². The van der Waals surface area contributed by atoms with E-state index in [4.69, 9.17) is 0 Å². The Hall–Kier alpha value is -1.84. The van der Waals surface area contributed by atoms with E-state index in [-0.39, 0.29) is 0 Å². The molecule has 0 spiro atoms. The predicted molar refractivity (Wildman–Crippen MR) is 95.7 cm³/mol. The van der Waals surface area contributed by atoms with Crippen LogP contribution in [0.4, 0.5) is 0 Å². The van der Waals surface area contributed by atoms with Gasteiger partial charge >= 0.3 is 0 Å². The number of hydrogen-bond donors (Lipinski definition) is 1. The van der Waals surface area contributed by atoms with Crippen LogP contribution in [-0.2, 0) is 6.54 Å². The number of benzene rings is 1. The summed E-state index contributed by atoms with van der Waals surface area (Å²) in [4.78, 5) is 4.73. The zero-order chi connectivity index (χ0) is 16.0. The van der Waals surface area contributed by atoms with Crippen LogP contribution in [0.25, 0.3) is 5.57 Å². The molecule has 120 valence electrons. The number of allylic oxidation sites excluding steroid dienone is 3. The van der Waals surface area contributed by atoms with Gasteiger partial charge in [-0.3, -0.25) is 4.90 Å². The van der Waals surface area contributed by atoms with Crippen molar-refractivity contribution in [2.75, 3.05) is 20.1 Å². The molecule has 2 bridgehead atoms. The molecule has 0 amide bonds. The topological polar surface area (TPSA) is 18.5 Å². The van der Waals surface area contributed by atoms with Gasteiger partial charge in [-0.05, 0) is 41.7 Å². The minimum Gasteiger partial charge on any atom is -0.351 e. The second-order valence-corrected chi connectivity index (χ2v) is 7.09. The smallest absolute Gasteiger partial charge is 0.0360 e. The fourth-order valence-electron chi connectivity index (χ4n) is 3.95. The molecule has 3 heterocycles. The molecule has 0 aromatic heterocycles. The highest BCUT2D eigenvalue weighted by molar-refractivity contribution is 5.77. The maximum atomic E-state index is 4.10. The summed E-state index contributed by atoms with van der Waals surface area (Å²) in [7, 11) is 2.06. The number of likely N-dealkylation sites (tertiary alicyclic amines) is 1. The van der Waals surface area contributed by atoms with Gasteiger partial charge in [-0.2, -0.15) is 0 Å². The minimum atomic E-state index is 0.725. The van der Waals surface area contributed by atoms with Crippen LogP contribution in [0.1, 0.15) is 24.5 Å². The Morgan fingerprint density at radius 2 is 2.04 bits per heavy atom. The molecule has 0 aliphatic carbocycles. The molecule has 2 saturated heterocycles. The van der Waals surface area contributed by atoms with Crippen LogP contribution in [0.15, 0.2) is 54.4 Å². The van der Waals surface area contributed by atoms with Gasteiger partial charge in [0.1, 0.15) is 0 Å². The van der Waals surface area contributed by atoms with Crippen LogP contribution in [0.2, 0.25) is 0 Å². The van der Waals surface area contributed by atoms with Gasteiger partial charge in [0.15, 0.2) is 0 Å². The summed E-state index contributed by atoms with van der Waals surface area (Å²) < 4.78 is 0. The van der Waals surface area contributed by atoms with Gasteiger partial charge in [0.2, 0.25) is 0 Å². The Kier molecular flexibility index (Phi) is 3.63. The molecule has 3 aliphatic heterocycles. The normalized spacial score (nSPS) is 27.4. The highest BCUT2D eigenvalue weighted by Crippen LogP contribution is 2.28. The highest BCUT2D eigenvalue weighted by atomic mass is 15.3. The van der Waals surface area contributed by atoms with Crippen molar-refractivity contribution in [2.24, 2.45) is 0 Å². The molecular formula is C20H25N3. The number of hydrogen-bond acceptors (Lipinski definition) is 3. The van der Waals surface area contributed by atoms with E-state index in [1.807, 2.05) is 0 Å². The molecule has 1 aromatic carbocycles. The summed E-state index contributed by atoms with van der Waals surface area (Å²) in [6.07, 6.45) is 5.71. The lowest BCUT2D eigenvalue weighted by Gasteiger charge is -2.27. The molecule has 4 rings (SSSR count). The lowest BCUT2D eigenvalue weighted by atomic mass is 9.99. The number of likely N-dealkylation sites (N-methyl/N-ethyl adjacent to an activating group) is 1. The van der Waals surface area contributed by atoms with Crippen molar-refractivity contribution in [1.82, 2.24) is 15.1 Å². The Morgan fingerprint density at radius 1 is 1.26 bits per heavy atom. The largest absolute Gasteiger partial charge is 0.351 e. The molecule has 3 nitrogen and oxygen atoms in total. The highest BCUT2D eigenvalue weighted by Gasteiger charge is 2.37. The van der Waals surface area contributed by atoms with Crippen LogP contribution < -0.4 is 5.32 Å². The van der Waals surface area contributed by atoms with Crippen molar-refractivity contribution < 1.29 is 0 Å². The average Bonchev–Trinajstić information content (AvgIpc) is 3.15. The van der Waals surface area contributed by atoms with Crippen LogP contribution >= 0.6 is 0 Å². The van der Waals surface area contributed by atoms with Crippen LogP contribution in [0.5, 0.6) is 0 Å². The van der Waals surface area contributed by atoms with Crippen molar-refractivity contribution in [3.63, 3.8) is 0 Å². The van der Waals surface area contributed by atoms with E-state index in [1.54, 1.807) is 0 Å². The van der Waals surface area contributed by atoms with Crippen LogP contribution in [-0.4, -0.2) is 42.0 Å². The zero-order valence-corrected chi connectivity index (χ0v) is 14.0. The van der Waals surface area contributed by atoms with Gasteiger partial charge in [-0.1, -0.05) is 30.8 Å². The van der Waals surface area contributed by atoms with Crippen molar-refractivity contribution in [3.05, 3.63) is 65.5 Å². The summed E-state index contributed by atoms with van der Waals surface area (Å²) in [5.41, 5.74) is 6.25. The van der Waals surface area contributed by atoms with Gasteiger partial charge in [0.25, 0.3) is 0 Å². The van der Waals surface area contributed by atoms with Crippen LogP contribution in [0, 0.1) is 0 Å². The summed E-state index contributed by atoms with van der Waals surface area (Å²) in [5, 5.41) is 3.57. The summed E-state index contributed by atoms with van der Waals surface area (Å²) in [5.74, 6) is 0. The first kappa shape index (κ1) is 14.7. The van der Waals surface area contributed by atoms with Crippen molar-refractivity contribution in [3.8, 4) is 0 Å². The number of nitrogens with zero attached hydrogens (tertiary/aromatic N) is 2. The average molecular weight is 307 g/mol. The van der Waals surface area contributed by atoms with E-state index < -0.39 is 0 Å². The molecule has 2 fully saturated rings. The molecule has 1 N–H and O–H groups in total. The maximum Gasteiger partial charge on any atom is 0.0360 e. The molecule has 23 heavy (non-hydrogen) atoms. The van der Waals surface area contributed by atoms with Crippen molar-refractivity contribution >= 4 is 5.57 Å². The third kappa shape index (κ3) is 2.75. The van der Waals surface area contributed by atoms with Crippen molar-refractivity contribution in [2.45, 2.75) is 32.0 Å². The Morgan fingerprint density at radius 3 is 2.65 bits per heavy atom. The minimum absolute atomic E-state index is 0.725. The molecule has 0 saturated carbocycles. The first-order valence-corrected chi connectivity index (χ1v) is 8.49. The lowest BCUT2D eigenvalue weighted by Crippen LogP contribution is -2.42. The third-order valence-corrected chi connectivity index (χ3v) is 5.43. The molecular weight excluding hydrogens is 282 g/mol. The Labute approximate surface area is 139 Å². The quantitative estimate of drug-likeness (QED) is 0.926. The standard InChI is InChI=1S/C20H25N3/c1-14-8-18(12-22(3)15(14)2)17-6-4-16(5-7-17)11-23-13-19-9-20(23)10-21-19/h4-8,12,19-21H,2,9-11,13H2,1,3H3. The Balaban J connectivity index is 1.48. The Bertz CT molecular complexity index is 683. The second-order valence-electron chi connectivity index (χ2n) is 7.09. The van der Waals surface area contributed by atoms with Gasteiger partial charge < -0.3 is 10.2 Å². The molecule has 0 radical (unpaired) electrons. The molecule has 2 unspecified atom stereocenters. The number of nitrogens with one attached hydrogen (secondary N) is 1. The summed E-state index contributed by atoms with van der Waals surface area (Å²) in [6, 6.07) is 10.5. The fraction of sp³-hybridized carbons (Fsp3) is 0.400.